The fraction of sp³-hybridized carbons (Fsp3) is 0.375. The summed E-state index contributed by atoms with van der Waals surface area (Å²) in [6.07, 6.45) is 5.09. The quantitative estimate of drug-likeness (QED) is 0.861. The minimum Gasteiger partial charge on any atom is -0.482 e. The van der Waals surface area contributed by atoms with Crippen molar-refractivity contribution in [2.75, 3.05) is 19.7 Å². The normalized spacial score (nSPS) is 15.3. The van der Waals surface area contributed by atoms with Crippen molar-refractivity contribution < 1.29 is 9.53 Å². The number of likely N-dealkylation sites (tertiary alicyclic amines) is 1. The Morgan fingerprint density at radius 2 is 2.00 bits per heavy atom. The molecule has 1 aliphatic heterocycles. The Morgan fingerprint density at radius 1 is 1.20 bits per heavy atom. The Labute approximate surface area is 118 Å². The van der Waals surface area contributed by atoms with Crippen LogP contribution < -0.4 is 4.74 Å². The highest BCUT2D eigenvalue weighted by Gasteiger charge is 2.16. The van der Waals surface area contributed by atoms with Gasteiger partial charge >= 0.3 is 0 Å². The predicted octanol–water partition coefficient (Wildman–Crippen LogP) is 2.63. The monoisotopic (exact) mass is 270 g/mol. The summed E-state index contributed by atoms with van der Waals surface area (Å²) in [7, 11) is 0. The fourth-order valence-electron chi connectivity index (χ4n) is 2.51. The van der Waals surface area contributed by atoms with Crippen molar-refractivity contribution >= 4 is 16.8 Å². The molecule has 1 aromatic carbocycles. The zero-order chi connectivity index (χ0) is 13.8. The average Bonchev–Trinajstić information content (AvgIpc) is 2.53. The van der Waals surface area contributed by atoms with Gasteiger partial charge < -0.3 is 9.64 Å². The third kappa shape index (κ3) is 2.90. The van der Waals surface area contributed by atoms with Crippen molar-refractivity contribution in [3.8, 4) is 5.75 Å². The maximum atomic E-state index is 12.0. The van der Waals surface area contributed by atoms with Crippen LogP contribution in [0.4, 0.5) is 0 Å². The highest BCUT2D eigenvalue weighted by molar-refractivity contribution is 5.80. The smallest absolute Gasteiger partial charge is 0.260 e. The molecule has 20 heavy (non-hydrogen) atoms. The summed E-state index contributed by atoms with van der Waals surface area (Å²) >= 11 is 0. The number of aromatic nitrogens is 1. The molecule has 4 nitrogen and oxygen atoms in total. The molecule has 0 aliphatic carbocycles. The number of fused-ring (bicyclic) bond motifs is 1. The van der Waals surface area contributed by atoms with E-state index in [1.54, 1.807) is 6.20 Å². The van der Waals surface area contributed by atoms with E-state index in [1.807, 2.05) is 35.2 Å². The van der Waals surface area contributed by atoms with E-state index in [4.69, 9.17) is 4.74 Å². The molecule has 0 bridgehead atoms. The van der Waals surface area contributed by atoms with Crippen molar-refractivity contribution in [1.82, 2.24) is 9.88 Å². The second-order valence-corrected chi connectivity index (χ2v) is 5.09. The van der Waals surface area contributed by atoms with Crippen LogP contribution >= 0.6 is 0 Å². The summed E-state index contributed by atoms with van der Waals surface area (Å²) in [5, 5.41) is 1.02. The minimum atomic E-state index is 0.0675. The van der Waals surface area contributed by atoms with Crippen LogP contribution in [-0.2, 0) is 4.79 Å². The molecule has 104 valence electrons. The SMILES string of the molecule is O=C(COc1cnc2ccccc2c1)N1CCCCC1. The molecule has 0 saturated carbocycles. The van der Waals surface area contributed by atoms with Crippen LogP contribution in [0.2, 0.25) is 0 Å². The molecule has 1 fully saturated rings. The second-order valence-electron chi connectivity index (χ2n) is 5.09. The van der Waals surface area contributed by atoms with E-state index in [0.29, 0.717) is 5.75 Å². The molecule has 0 N–H and O–H groups in total. The lowest BCUT2D eigenvalue weighted by molar-refractivity contribution is -0.134. The Bertz CT molecular complexity index is 606. The molecule has 1 aliphatic rings. The number of pyridine rings is 1. The molecule has 3 rings (SSSR count). The first-order valence-corrected chi connectivity index (χ1v) is 7.08. The maximum Gasteiger partial charge on any atom is 0.260 e. The highest BCUT2D eigenvalue weighted by Crippen LogP contribution is 2.18. The molecule has 0 spiro atoms. The van der Waals surface area contributed by atoms with Crippen LogP contribution in [0.3, 0.4) is 0 Å². The van der Waals surface area contributed by atoms with E-state index in [2.05, 4.69) is 4.98 Å². The number of rotatable bonds is 3. The molecule has 0 atom stereocenters. The zero-order valence-electron chi connectivity index (χ0n) is 11.4. The summed E-state index contributed by atoms with van der Waals surface area (Å²) in [5.74, 6) is 0.715. The molecule has 1 saturated heterocycles. The van der Waals surface area contributed by atoms with Gasteiger partial charge in [0.1, 0.15) is 5.75 Å². The van der Waals surface area contributed by atoms with Gasteiger partial charge in [-0.25, -0.2) is 0 Å². The highest BCUT2D eigenvalue weighted by atomic mass is 16.5. The molecular weight excluding hydrogens is 252 g/mol. The van der Waals surface area contributed by atoms with Crippen LogP contribution in [0.5, 0.6) is 5.75 Å². The molecule has 1 aromatic heterocycles. The van der Waals surface area contributed by atoms with Crippen LogP contribution in [0.25, 0.3) is 10.9 Å². The topological polar surface area (TPSA) is 42.4 Å². The summed E-state index contributed by atoms with van der Waals surface area (Å²) in [4.78, 5) is 18.2. The van der Waals surface area contributed by atoms with Crippen molar-refractivity contribution in [1.29, 1.82) is 0 Å². The molecule has 2 heterocycles. The zero-order valence-corrected chi connectivity index (χ0v) is 11.4. The molecule has 0 unspecified atom stereocenters. The third-order valence-corrected chi connectivity index (χ3v) is 3.64. The number of hydrogen-bond acceptors (Lipinski definition) is 3. The first-order valence-electron chi connectivity index (χ1n) is 7.08. The van der Waals surface area contributed by atoms with Gasteiger partial charge in [-0.3, -0.25) is 9.78 Å². The number of benzene rings is 1. The first-order chi connectivity index (χ1) is 9.83. The number of piperidine rings is 1. The summed E-state index contributed by atoms with van der Waals surface area (Å²) in [6.45, 7) is 1.82. The molecular formula is C16H18N2O2. The maximum absolute atomic E-state index is 12.0. The number of amides is 1. The fourth-order valence-corrected chi connectivity index (χ4v) is 2.51. The van der Waals surface area contributed by atoms with Crippen molar-refractivity contribution in [3.63, 3.8) is 0 Å². The van der Waals surface area contributed by atoms with E-state index in [9.17, 15) is 4.79 Å². The van der Waals surface area contributed by atoms with Crippen LogP contribution in [-0.4, -0.2) is 35.5 Å². The standard InChI is InChI=1S/C16H18N2O2/c19-16(18-8-4-1-5-9-18)12-20-14-10-13-6-2-3-7-15(13)17-11-14/h2-3,6-7,10-11H,1,4-5,8-9,12H2. The lowest BCUT2D eigenvalue weighted by Gasteiger charge is -2.26. The van der Waals surface area contributed by atoms with E-state index < -0.39 is 0 Å². The van der Waals surface area contributed by atoms with Gasteiger partial charge in [0, 0.05) is 18.5 Å². The summed E-state index contributed by atoms with van der Waals surface area (Å²) < 4.78 is 5.58. The van der Waals surface area contributed by atoms with Gasteiger partial charge in [-0.1, -0.05) is 18.2 Å². The van der Waals surface area contributed by atoms with Gasteiger partial charge in [-0.15, -0.1) is 0 Å². The minimum absolute atomic E-state index is 0.0675. The first kappa shape index (κ1) is 12.9. The molecule has 2 aromatic rings. The van der Waals surface area contributed by atoms with Crippen LogP contribution in [0, 0.1) is 0 Å². The molecule has 0 radical (unpaired) electrons. The predicted molar refractivity (Wildman–Crippen MR) is 77.7 cm³/mol. The molecule has 4 heteroatoms. The van der Waals surface area contributed by atoms with E-state index in [1.165, 1.54) is 6.42 Å². The summed E-state index contributed by atoms with van der Waals surface area (Å²) in [6, 6.07) is 9.79. The van der Waals surface area contributed by atoms with Gasteiger partial charge in [-0.2, -0.15) is 0 Å². The van der Waals surface area contributed by atoms with Gasteiger partial charge in [-0.05, 0) is 31.4 Å². The number of para-hydroxylation sites is 1. The van der Waals surface area contributed by atoms with Crippen LogP contribution in [0.15, 0.2) is 36.5 Å². The number of nitrogens with zero attached hydrogens (tertiary/aromatic N) is 2. The Morgan fingerprint density at radius 3 is 2.85 bits per heavy atom. The van der Waals surface area contributed by atoms with Gasteiger partial charge in [0.25, 0.3) is 5.91 Å². The lowest BCUT2D eigenvalue weighted by atomic mass is 10.1. The third-order valence-electron chi connectivity index (χ3n) is 3.64. The Hall–Kier alpha value is -2.10. The summed E-state index contributed by atoms with van der Waals surface area (Å²) in [5.41, 5.74) is 0.933. The number of hydrogen-bond donors (Lipinski definition) is 0. The van der Waals surface area contributed by atoms with Crippen molar-refractivity contribution in [3.05, 3.63) is 36.5 Å². The lowest BCUT2D eigenvalue weighted by Crippen LogP contribution is -2.38. The van der Waals surface area contributed by atoms with Crippen molar-refractivity contribution in [2.24, 2.45) is 0 Å². The average molecular weight is 270 g/mol. The number of carbonyl (C=O) groups is 1. The number of carbonyl (C=O) groups excluding carboxylic acids is 1. The van der Waals surface area contributed by atoms with E-state index in [-0.39, 0.29) is 12.5 Å². The van der Waals surface area contributed by atoms with Gasteiger partial charge in [0.2, 0.25) is 0 Å². The largest absolute Gasteiger partial charge is 0.482 e. The van der Waals surface area contributed by atoms with Gasteiger partial charge in [0.15, 0.2) is 6.61 Å². The van der Waals surface area contributed by atoms with Gasteiger partial charge in [0.05, 0.1) is 11.7 Å². The Kier molecular flexibility index (Phi) is 3.81. The van der Waals surface area contributed by atoms with E-state index >= 15 is 0 Å². The second kappa shape index (κ2) is 5.90. The van der Waals surface area contributed by atoms with E-state index in [0.717, 1.165) is 36.8 Å². The van der Waals surface area contributed by atoms with Crippen LogP contribution in [0.1, 0.15) is 19.3 Å². The number of ether oxygens (including phenoxy) is 1. The molecule has 1 amide bonds. The Balaban J connectivity index is 1.62. The van der Waals surface area contributed by atoms with Crippen molar-refractivity contribution in [2.45, 2.75) is 19.3 Å².